The highest BCUT2D eigenvalue weighted by Crippen LogP contribution is 2.35. The van der Waals surface area contributed by atoms with Crippen molar-refractivity contribution in [2.75, 3.05) is 11.4 Å². The van der Waals surface area contributed by atoms with Crippen LogP contribution in [0.1, 0.15) is 6.42 Å². The Morgan fingerprint density at radius 2 is 2.11 bits per heavy atom. The minimum Gasteiger partial charge on any atom is -0.310 e. The third kappa shape index (κ3) is 2.53. The molecule has 1 unspecified atom stereocenters. The predicted molar refractivity (Wildman–Crippen MR) is 69.9 cm³/mol. The van der Waals surface area contributed by atoms with Crippen molar-refractivity contribution in [2.24, 2.45) is 0 Å². The zero-order valence-corrected chi connectivity index (χ0v) is 12.1. The molecule has 2 rings (SSSR count). The number of anilines is 1. The zero-order chi connectivity index (χ0) is 13.5. The van der Waals surface area contributed by atoms with Crippen molar-refractivity contribution in [2.45, 2.75) is 11.7 Å². The Morgan fingerprint density at radius 3 is 2.67 bits per heavy atom. The largest absolute Gasteiger partial charge is 0.310 e. The highest BCUT2D eigenvalue weighted by molar-refractivity contribution is 9.10. The van der Waals surface area contributed by atoms with Crippen molar-refractivity contribution in [1.82, 2.24) is 0 Å². The molecule has 8 heteroatoms. The SMILES string of the molecule is O=C1CC(S(=O)(=O)F)CN1c1cccc(Cl)c1Br. The van der Waals surface area contributed by atoms with Crippen LogP contribution in [0, 0.1) is 0 Å². The van der Waals surface area contributed by atoms with Gasteiger partial charge in [0, 0.05) is 13.0 Å². The van der Waals surface area contributed by atoms with E-state index >= 15 is 0 Å². The molecule has 1 aliphatic rings. The maximum absolute atomic E-state index is 12.9. The molecule has 0 aromatic heterocycles. The van der Waals surface area contributed by atoms with Gasteiger partial charge in [-0.15, -0.1) is 3.89 Å². The van der Waals surface area contributed by atoms with Gasteiger partial charge in [0.05, 0.1) is 15.2 Å². The quantitative estimate of drug-likeness (QED) is 0.765. The van der Waals surface area contributed by atoms with Crippen LogP contribution in [0.15, 0.2) is 22.7 Å². The molecular formula is C10H8BrClFNO3S. The summed E-state index contributed by atoms with van der Waals surface area (Å²) < 4.78 is 35.0. The molecule has 1 atom stereocenters. The molecule has 1 aromatic carbocycles. The topological polar surface area (TPSA) is 54.5 Å². The summed E-state index contributed by atoms with van der Waals surface area (Å²) in [6.45, 7) is -0.198. The number of hydrogen-bond acceptors (Lipinski definition) is 3. The van der Waals surface area contributed by atoms with Crippen molar-refractivity contribution < 1.29 is 17.1 Å². The third-order valence-electron chi connectivity index (χ3n) is 2.71. The van der Waals surface area contributed by atoms with Gasteiger partial charge in [-0.2, -0.15) is 8.42 Å². The van der Waals surface area contributed by atoms with E-state index in [0.29, 0.717) is 15.2 Å². The van der Waals surface area contributed by atoms with E-state index < -0.39 is 21.4 Å². The number of halogens is 3. The molecule has 0 N–H and O–H groups in total. The molecule has 0 bridgehead atoms. The van der Waals surface area contributed by atoms with Crippen LogP contribution < -0.4 is 4.90 Å². The van der Waals surface area contributed by atoms with Gasteiger partial charge in [-0.25, -0.2) is 0 Å². The van der Waals surface area contributed by atoms with Gasteiger partial charge in [0.15, 0.2) is 0 Å². The van der Waals surface area contributed by atoms with Crippen LogP contribution in [0.3, 0.4) is 0 Å². The summed E-state index contributed by atoms with van der Waals surface area (Å²) >= 11 is 9.11. The highest BCUT2D eigenvalue weighted by atomic mass is 79.9. The van der Waals surface area contributed by atoms with Gasteiger partial charge >= 0.3 is 10.2 Å². The van der Waals surface area contributed by atoms with Crippen LogP contribution in [-0.4, -0.2) is 26.1 Å². The lowest BCUT2D eigenvalue weighted by molar-refractivity contribution is -0.117. The normalized spacial score (nSPS) is 20.5. The van der Waals surface area contributed by atoms with Crippen molar-refractivity contribution in [3.63, 3.8) is 0 Å². The lowest BCUT2D eigenvalue weighted by atomic mass is 10.3. The van der Waals surface area contributed by atoms with Gasteiger partial charge in [0.2, 0.25) is 5.91 Å². The van der Waals surface area contributed by atoms with E-state index in [0.717, 1.165) is 0 Å². The molecule has 98 valence electrons. The Kier molecular flexibility index (Phi) is 3.66. The first-order valence-electron chi connectivity index (χ1n) is 4.98. The van der Waals surface area contributed by atoms with Crippen molar-refractivity contribution >= 4 is 49.3 Å². The lowest BCUT2D eigenvalue weighted by Gasteiger charge is -2.18. The van der Waals surface area contributed by atoms with Crippen LogP contribution in [0.5, 0.6) is 0 Å². The van der Waals surface area contributed by atoms with E-state index in [-0.39, 0.29) is 13.0 Å². The summed E-state index contributed by atoms with van der Waals surface area (Å²) in [5.41, 5.74) is 0.443. The van der Waals surface area contributed by atoms with E-state index in [1.54, 1.807) is 18.2 Å². The Bertz CT molecular complexity index is 607. The van der Waals surface area contributed by atoms with Crippen LogP contribution in [0.2, 0.25) is 5.02 Å². The fourth-order valence-electron chi connectivity index (χ4n) is 1.80. The highest BCUT2D eigenvalue weighted by Gasteiger charge is 2.39. The summed E-state index contributed by atoms with van der Waals surface area (Å²) in [6, 6.07) is 4.87. The van der Waals surface area contributed by atoms with E-state index in [9.17, 15) is 17.1 Å². The molecule has 1 fully saturated rings. The fourth-order valence-corrected chi connectivity index (χ4v) is 3.11. The van der Waals surface area contributed by atoms with Crippen LogP contribution in [0.4, 0.5) is 9.57 Å². The van der Waals surface area contributed by atoms with Crippen molar-refractivity contribution in [1.29, 1.82) is 0 Å². The first-order valence-corrected chi connectivity index (χ1v) is 7.60. The summed E-state index contributed by atoms with van der Waals surface area (Å²) in [7, 11) is -4.71. The monoisotopic (exact) mass is 355 g/mol. The molecule has 0 radical (unpaired) electrons. The van der Waals surface area contributed by atoms with Gasteiger partial charge in [-0.05, 0) is 28.1 Å². The second-order valence-electron chi connectivity index (χ2n) is 3.88. The molecule has 0 saturated carbocycles. The molecule has 1 heterocycles. The number of carbonyl (C=O) groups is 1. The number of amides is 1. The number of rotatable bonds is 2. The number of benzene rings is 1. The molecule has 0 aliphatic carbocycles. The van der Waals surface area contributed by atoms with Crippen LogP contribution >= 0.6 is 27.5 Å². The fraction of sp³-hybridized carbons (Fsp3) is 0.300. The van der Waals surface area contributed by atoms with Crippen molar-refractivity contribution in [3.05, 3.63) is 27.7 Å². The minimum atomic E-state index is -4.71. The van der Waals surface area contributed by atoms with E-state index in [2.05, 4.69) is 15.9 Å². The maximum Gasteiger partial charge on any atom is 0.307 e. The van der Waals surface area contributed by atoms with Crippen LogP contribution in [0.25, 0.3) is 0 Å². The Hall–Kier alpha value is -0.660. The maximum atomic E-state index is 12.9. The lowest BCUT2D eigenvalue weighted by Crippen LogP contribution is -2.27. The minimum absolute atomic E-state index is 0.198. The zero-order valence-electron chi connectivity index (χ0n) is 8.94. The van der Waals surface area contributed by atoms with Gasteiger partial charge in [-0.3, -0.25) is 4.79 Å². The smallest absolute Gasteiger partial charge is 0.307 e. The second-order valence-corrected chi connectivity index (χ2v) is 6.70. The molecule has 1 amide bonds. The molecular weight excluding hydrogens is 349 g/mol. The van der Waals surface area contributed by atoms with Crippen LogP contribution in [-0.2, 0) is 15.0 Å². The Labute approximate surface area is 117 Å². The summed E-state index contributed by atoms with van der Waals surface area (Å²) in [4.78, 5) is 12.9. The standard InChI is InChI=1S/C10H8BrClFNO3S/c11-10-7(12)2-1-3-8(10)14-5-6(4-9(14)15)18(13,16)17/h1-3,6H,4-5H2. The summed E-state index contributed by atoms with van der Waals surface area (Å²) in [5.74, 6) is -0.441. The first kappa shape index (κ1) is 13.8. The molecule has 18 heavy (non-hydrogen) atoms. The third-order valence-corrected chi connectivity index (χ3v) is 5.20. The van der Waals surface area contributed by atoms with E-state index in [1.807, 2.05) is 0 Å². The number of nitrogens with zero attached hydrogens (tertiary/aromatic N) is 1. The Balaban J connectivity index is 2.36. The van der Waals surface area contributed by atoms with Gasteiger partial charge < -0.3 is 4.90 Å². The average molecular weight is 357 g/mol. The van der Waals surface area contributed by atoms with E-state index in [4.69, 9.17) is 11.6 Å². The molecule has 1 aliphatic heterocycles. The number of hydrogen-bond donors (Lipinski definition) is 0. The Morgan fingerprint density at radius 1 is 1.44 bits per heavy atom. The molecule has 1 saturated heterocycles. The van der Waals surface area contributed by atoms with Crippen molar-refractivity contribution in [3.8, 4) is 0 Å². The first-order chi connectivity index (χ1) is 8.30. The van der Waals surface area contributed by atoms with Gasteiger partial charge in [0.25, 0.3) is 0 Å². The predicted octanol–water partition coefficient (Wildman–Crippen LogP) is 2.51. The average Bonchev–Trinajstić information content (AvgIpc) is 2.64. The molecule has 4 nitrogen and oxygen atoms in total. The molecule has 0 spiro atoms. The molecule has 1 aromatic rings. The second kappa shape index (κ2) is 4.79. The van der Waals surface area contributed by atoms with E-state index in [1.165, 1.54) is 4.90 Å². The van der Waals surface area contributed by atoms with Gasteiger partial charge in [0.1, 0.15) is 5.25 Å². The van der Waals surface area contributed by atoms with Gasteiger partial charge in [-0.1, -0.05) is 17.7 Å². The summed E-state index contributed by atoms with van der Waals surface area (Å²) in [6.07, 6.45) is -0.349. The summed E-state index contributed by atoms with van der Waals surface area (Å²) in [5, 5.41) is -0.914. The number of carbonyl (C=O) groups excluding carboxylic acids is 1.